The van der Waals surface area contributed by atoms with Gasteiger partial charge in [-0.25, -0.2) is 4.79 Å². The zero-order chi connectivity index (χ0) is 16.1. The van der Waals surface area contributed by atoms with E-state index in [1.165, 1.54) is 11.7 Å². The second-order valence-electron chi connectivity index (χ2n) is 4.90. The van der Waals surface area contributed by atoms with Crippen molar-refractivity contribution in [3.63, 3.8) is 0 Å². The molecule has 1 heterocycles. The van der Waals surface area contributed by atoms with Crippen LogP contribution < -0.4 is 10.9 Å². The maximum absolute atomic E-state index is 12.1. The molecule has 124 valence electrons. The number of methoxy groups -OCH3 is 1. The molecule has 1 aromatic heterocycles. The summed E-state index contributed by atoms with van der Waals surface area (Å²) in [4.78, 5) is 24.1. The molecule has 0 fully saturated rings. The monoisotopic (exact) mass is 400 g/mol. The summed E-state index contributed by atoms with van der Waals surface area (Å²) in [6.07, 6.45) is 2.10. The molecule has 0 aliphatic rings. The topological polar surface area (TPSA) is 60.3 Å². The Labute approximate surface area is 149 Å². The molecule has 2 rings (SSSR count). The van der Waals surface area contributed by atoms with Crippen LogP contribution in [0.25, 0.3) is 0 Å². The quantitative estimate of drug-likeness (QED) is 0.783. The number of esters is 1. The number of anilines is 1. The molecule has 0 aliphatic heterocycles. The third-order valence-electron chi connectivity index (χ3n) is 3.25. The lowest BCUT2D eigenvalue weighted by molar-refractivity contribution is -0.141. The summed E-state index contributed by atoms with van der Waals surface area (Å²) >= 11 is 3.34. The first kappa shape index (κ1) is 19.3. The molecule has 1 atom stereocenters. The molecule has 0 aliphatic carbocycles. The highest BCUT2D eigenvalue weighted by Crippen LogP contribution is 2.14. The summed E-state index contributed by atoms with van der Waals surface area (Å²) in [5.41, 5.74) is 1.13. The average Bonchev–Trinajstić information content (AvgIpc) is 2.51. The number of nitrogens with zero attached hydrogens (tertiary/aromatic N) is 1. The van der Waals surface area contributed by atoms with Crippen molar-refractivity contribution in [1.82, 2.24) is 4.57 Å². The fourth-order valence-corrected chi connectivity index (χ4v) is 2.68. The van der Waals surface area contributed by atoms with Crippen LogP contribution in [0.2, 0.25) is 0 Å². The summed E-state index contributed by atoms with van der Waals surface area (Å²) in [6, 6.07) is 10.6. The Hall–Kier alpha value is -1.79. The number of ether oxygens (including phenoxy) is 1. The van der Waals surface area contributed by atoms with Gasteiger partial charge in [0.05, 0.1) is 7.11 Å². The molecule has 0 bridgehead atoms. The van der Waals surface area contributed by atoms with Gasteiger partial charge in [-0.1, -0.05) is 30.3 Å². The molecular formula is C16H18BrClN2O3. The van der Waals surface area contributed by atoms with Crippen molar-refractivity contribution in [1.29, 1.82) is 0 Å². The van der Waals surface area contributed by atoms with Gasteiger partial charge >= 0.3 is 5.97 Å². The van der Waals surface area contributed by atoms with Gasteiger partial charge in [-0.3, -0.25) is 4.79 Å². The summed E-state index contributed by atoms with van der Waals surface area (Å²) in [5.74, 6) is -0.411. The highest BCUT2D eigenvalue weighted by molar-refractivity contribution is 9.10. The Morgan fingerprint density at radius 3 is 2.61 bits per heavy atom. The minimum Gasteiger partial charge on any atom is -0.467 e. The first-order valence-electron chi connectivity index (χ1n) is 6.75. The number of halogens is 2. The highest BCUT2D eigenvalue weighted by Gasteiger charge is 2.21. The van der Waals surface area contributed by atoms with E-state index in [0.29, 0.717) is 12.1 Å². The first-order valence-corrected chi connectivity index (χ1v) is 7.55. The number of aryl methyl sites for hydroxylation is 1. The number of carbonyl (C=O) groups is 1. The van der Waals surface area contributed by atoms with E-state index in [-0.39, 0.29) is 18.0 Å². The molecule has 5 nitrogen and oxygen atoms in total. The molecule has 0 unspecified atom stereocenters. The van der Waals surface area contributed by atoms with Crippen LogP contribution in [0.15, 0.2) is 51.9 Å². The lowest BCUT2D eigenvalue weighted by Crippen LogP contribution is -2.35. The van der Waals surface area contributed by atoms with E-state index >= 15 is 0 Å². The van der Waals surface area contributed by atoms with E-state index in [4.69, 9.17) is 4.74 Å². The van der Waals surface area contributed by atoms with Gasteiger partial charge in [-0.05, 0) is 27.6 Å². The minimum atomic E-state index is -0.630. The van der Waals surface area contributed by atoms with Gasteiger partial charge in [0.15, 0.2) is 0 Å². The van der Waals surface area contributed by atoms with Crippen molar-refractivity contribution in [3.05, 3.63) is 63.0 Å². The Bertz CT molecular complexity index is 719. The van der Waals surface area contributed by atoms with Gasteiger partial charge in [0.25, 0.3) is 5.56 Å². The maximum Gasteiger partial charge on any atom is 0.328 e. The van der Waals surface area contributed by atoms with E-state index in [2.05, 4.69) is 21.2 Å². The van der Waals surface area contributed by atoms with Gasteiger partial charge < -0.3 is 14.6 Å². The van der Waals surface area contributed by atoms with E-state index in [9.17, 15) is 9.59 Å². The molecule has 2 aromatic rings. The third kappa shape index (κ3) is 5.11. The van der Waals surface area contributed by atoms with Gasteiger partial charge in [0, 0.05) is 24.1 Å². The summed E-state index contributed by atoms with van der Waals surface area (Å²) < 4.78 is 7.03. The van der Waals surface area contributed by atoms with Crippen LogP contribution in [0.1, 0.15) is 5.56 Å². The van der Waals surface area contributed by atoms with Crippen LogP contribution in [0.3, 0.4) is 0 Å². The number of aromatic nitrogens is 1. The lowest BCUT2D eigenvalue weighted by Gasteiger charge is -2.18. The van der Waals surface area contributed by atoms with Crippen molar-refractivity contribution in [3.8, 4) is 0 Å². The van der Waals surface area contributed by atoms with Gasteiger partial charge in [0.2, 0.25) is 0 Å². The number of hydrogen-bond acceptors (Lipinski definition) is 4. The van der Waals surface area contributed by atoms with Crippen LogP contribution in [-0.4, -0.2) is 23.7 Å². The number of hydrogen-bond donors (Lipinski definition) is 1. The number of rotatable bonds is 5. The largest absolute Gasteiger partial charge is 0.467 e. The normalized spacial score (nSPS) is 11.3. The molecule has 0 radical (unpaired) electrons. The Kier molecular flexibility index (Phi) is 7.32. The predicted octanol–water partition coefficient (Wildman–Crippen LogP) is 2.77. The predicted molar refractivity (Wildman–Crippen MR) is 96.2 cm³/mol. The van der Waals surface area contributed by atoms with Crippen LogP contribution in [0.4, 0.5) is 5.69 Å². The molecule has 1 aromatic carbocycles. The molecule has 0 amide bonds. The van der Waals surface area contributed by atoms with Gasteiger partial charge in [-0.15, -0.1) is 12.4 Å². The Morgan fingerprint density at radius 2 is 2.00 bits per heavy atom. The molecular weight excluding hydrogens is 384 g/mol. The number of pyridine rings is 1. The van der Waals surface area contributed by atoms with Crippen molar-refractivity contribution >= 4 is 40.0 Å². The van der Waals surface area contributed by atoms with E-state index in [0.717, 1.165) is 10.0 Å². The van der Waals surface area contributed by atoms with Gasteiger partial charge in [-0.2, -0.15) is 0 Å². The number of carbonyl (C=O) groups excluding carboxylic acids is 1. The van der Waals surface area contributed by atoms with E-state index < -0.39 is 12.0 Å². The van der Waals surface area contributed by atoms with E-state index in [1.54, 1.807) is 19.3 Å². The molecule has 23 heavy (non-hydrogen) atoms. The standard InChI is InChI=1S/C16H17BrN2O3.ClH/c1-19-10-12(17)9-13(15(19)20)18-14(16(21)22-2)8-11-6-4-3-5-7-11;/h3-7,9-10,14,18H,8H2,1-2H3;1H/t14-;/m0./s1. The molecule has 0 saturated heterocycles. The van der Waals surface area contributed by atoms with Crippen molar-refractivity contribution < 1.29 is 9.53 Å². The zero-order valence-electron chi connectivity index (χ0n) is 12.8. The van der Waals surface area contributed by atoms with Crippen molar-refractivity contribution in [2.75, 3.05) is 12.4 Å². The summed E-state index contributed by atoms with van der Waals surface area (Å²) in [7, 11) is 2.99. The molecule has 1 N–H and O–H groups in total. The smallest absolute Gasteiger partial charge is 0.328 e. The van der Waals surface area contributed by atoms with Crippen LogP contribution in [-0.2, 0) is 23.0 Å². The second kappa shape index (κ2) is 8.74. The molecule has 0 spiro atoms. The number of benzene rings is 1. The van der Waals surface area contributed by atoms with Crippen molar-refractivity contribution in [2.45, 2.75) is 12.5 Å². The van der Waals surface area contributed by atoms with Crippen molar-refractivity contribution in [2.24, 2.45) is 7.05 Å². The highest BCUT2D eigenvalue weighted by atomic mass is 79.9. The molecule has 7 heteroatoms. The van der Waals surface area contributed by atoms with Crippen LogP contribution >= 0.6 is 28.3 Å². The van der Waals surface area contributed by atoms with Gasteiger partial charge in [0.1, 0.15) is 11.7 Å². The van der Waals surface area contributed by atoms with Crippen LogP contribution in [0, 0.1) is 0 Å². The minimum absolute atomic E-state index is 0. The fourth-order valence-electron chi connectivity index (χ4n) is 2.15. The zero-order valence-corrected chi connectivity index (χ0v) is 15.2. The van der Waals surface area contributed by atoms with Crippen LogP contribution in [0.5, 0.6) is 0 Å². The molecule has 0 saturated carbocycles. The third-order valence-corrected chi connectivity index (χ3v) is 3.68. The maximum atomic E-state index is 12.1. The Morgan fingerprint density at radius 1 is 1.35 bits per heavy atom. The second-order valence-corrected chi connectivity index (χ2v) is 5.81. The number of nitrogens with one attached hydrogen (secondary N) is 1. The fraction of sp³-hybridized carbons (Fsp3) is 0.250. The SMILES string of the molecule is COC(=O)[C@H](Cc1ccccc1)Nc1cc(Br)cn(C)c1=O.Cl. The summed E-state index contributed by atoms with van der Waals surface area (Å²) in [6.45, 7) is 0. The first-order chi connectivity index (χ1) is 10.5. The summed E-state index contributed by atoms with van der Waals surface area (Å²) in [5, 5.41) is 2.99. The lowest BCUT2D eigenvalue weighted by atomic mass is 10.1. The average molecular weight is 402 g/mol. The Balaban J connectivity index is 0.00000264. The van der Waals surface area contributed by atoms with E-state index in [1.807, 2.05) is 30.3 Å².